The lowest BCUT2D eigenvalue weighted by Crippen LogP contribution is -2.41. The van der Waals surface area contributed by atoms with Gasteiger partial charge in [0.15, 0.2) is 17.6 Å². The summed E-state index contributed by atoms with van der Waals surface area (Å²) >= 11 is 0. The fraction of sp³-hybridized carbons (Fsp3) is 0.240. The van der Waals surface area contributed by atoms with Gasteiger partial charge >= 0.3 is 0 Å². The third-order valence-electron chi connectivity index (χ3n) is 5.91. The van der Waals surface area contributed by atoms with Crippen LogP contribution in [0.4, 0.5) is 5.69 Å². The molecule has 1 atom stereocenters. The quantitative estimate of drug-likeness (QED) is 0.579. The molecule has 0 saturated carbocycles. The highest BCUT2D eigenvalue weighted by atomic mass is 32.2. The molecule has 33 heavy (non-hydrogen) atoms. The van der Waals surface area contributed by atoms with Crippen LogP contribution in [0.25, 0.3) is 0 Å². The van der Waals surface area contributed by atoms with Crippen molar-refractivity contribution in [2.24, 2.45) is 0 Å². The van der Waals surface area contributed by atoms with Crippen LogP contribution in [0.3, 0.4) is 0 Å². The summed E-state index contributed by atoms with van der Waals surface area (Å²) in [7, 11) is -2.11. The van der Waals surface area contributed by atoms with Gasteiger partial charge in [0.2, 0.25) is 0 Å². The number of anilines is 1. The monoisotopic (exact) mass is 464 g/mol. The maximum Gasteiger partial charge on any atom is 0.264 e. The number of carbonyl (C=O) groups excluding carboxylic acids is 1. The second-order valence-corrected chi connectivity index (χ2v) is 10.0. The van der Waals surface area contributed by atoms with Crippen LogP contribution in [-0.4, -0.2) is 52.1 Å². The number of carbonyl (C=O) groups is 1. The Morgan fingerprint density at radius 2 is 1.79 bits per heavy atom. The van der Waals surface area contributed by atoms with Gasteiger partial charge in [-0.1, -0.05) is 36.4 Å². The first-order valence-electron chi connectivity index (χ1n) is 10.8. The number of amides is 1. The first-order chi connectivity index (χ1) is 15.9. The second kappa shape index (κ2) is 8.44. The normalized spacial score (nSPS) is 16.9. The molecule has 0 radical (unpaired) electrons. The zero-order chi connectivity index (χ0) is 23.0. The number of benzene rings is 3. The standard InChI is InChI=1S/C25H24N2O5S/c1-26(16-20-17-31-23-11-4-5-12-24(23)32-20)25(28)19-8-6-9-21(15-19)33(29,30)27-14-13-18-7-2-3-10-22(18)27/h2-12,15,20H,13-14,16-17H2,1H3/t20-/m1/s1. The maximum absolute atomic E-state index is 13.3. The fourth-order valence-corrected chi connectivity index (χ4v) is 5.79. The van der Waals surface area contributed by atoms with E-state index in [0.29, 0.717) is 48.9 Å². The molecular formula is C25H24N2O5S. The molecule has 7 nitrogen and oxygen atoms in total. The number of fused-ring (bicyclic) bond motifs is 2. The van der Waals surface area contributed by atoms with E-state index in [1.807, 2.05) is 48.5 Å². The Morgan fingerprint density at radius 1 is 1.03 bits per heavy atom. The van der Waals surface area contributed by atoms with E-state index in [9.17, 15) is 13.2 Å². The molecular weight excluding hydrogens is 440 g/mol. The maximum atomic E-state index is 13.3. The predicted molar refractivity (Wildman–Crippen MR) is 124 cm³/mol. The molecule has 1 amide bonds. The van der Waals surface area contributed by atoms with Crippen LogP contribution in [0.2, 0.25) is 0 Å². The SMILES string of the molecule is CN(C[C@@H]1COc2ccccc2O1)C(=O)c1cccc(S(=O)(=O)N2CCc3ccccc32)c1. The third-order valence-corrected chi connectivity index (χ3v) is 7.71. The smallest absolute Gasteiger partial charge is 0.264 e. The number of para-hydroxylation sites is 3. The summed E-state index contributed by atoms with van der Waals surface area (Å²) in [4.78, 5) is 14.7. The van der Waals surface area contributed by atoms with Gasteiger partial charge in [-0.2, -0.15) is 0 Å². The molecule has 0 aromatic heterocycles. The number of hydrogen-bond acceptors (Lipinski definition) is 5. The average Bonchev–Trinajstić information content (AvgIpc) is 3.29. The number of ether oxygens (including phenoxy) is 2. The van der Waals surface area contributed by atoms with Crippen LogP contribution in [0.15, 0.2) is 77.7 Å². The fourth-order valence-electron chi connectivity index (χ4n) is 4.24. The number of nitrogens with zero attached hydrogens (tertiary/aromatic N) is 2. The zero-order valence-electron chi connectivity index (χ0n) is 18.2. The number of rotatable bonds is 5. The van der Waals surface area contributed by atoms with Crippen LogP contribution < -0.4 is 13.8 Å². The minimum atomic E-state index is -3.78. The highest BCUT2D eigenvalue weighted by molar-refractivity contribution is 7.92. The molecule has 3 aromatic carbocycles. The molecule has 5 rings (SSSR count). The Balaban J connectivity index is 1.32. The average molecular weight is 465 g/mol. The summed E-state index contributed by atoms with van der Waals surface area (Å²) in [6.45, 7) is 1.03. The van der Waals surface area contributed by atoms with Crippen molar-refractivity contribution in [3.63, 3.8) is 0 Å². The van der Waals surface area contributed by atoms with E-state index < -0.39 is 10.0 Å². The summed E-state index contributed by atoms with van der Waals surface area (Å²) < 4.78 is 39.8. The van der Waals surface area contributed by atoms with E-state index in [0.717, 1.165) is 5.56 Å². The van der Waals surface area contributed by atoms with Crippen molar-refractivity contribution in [1.29, 1.82) is 0 Å². The number of hydrogen-bond donors (Lipinski definition) is 0. The van der Waals surface area contributed by atoms with E-state index in [1.54, 1.807) is 19.2 Å². The number of sulfonamides is 1. The molecule has 0 unspecified atom stereocenters. The van der Waals surface area contributed by atoms with Gasteiger partial charge in [-0.3, -0.25) is 9.10 Å². The summed E-state index contributed by atoms with van der Waals surface area (Å²) in [6, 6.07) is 21.1. The minimum Gasteiger partial charge on any atom is -0.486 e. The summed E-state index contributed by atoms with van der Waals surface area (Å²) in [6.07, 6.45) is 0.352. The van der Waals surface area contributed by atoms with Crippen LogP contribution in [0.5, 0.6) is 11.5 Å². The molecule has 8 heteroatoms. The third kappa shape index (κ3) is 4.02. The van der Waals surface area contributed by atoms with E-state index in [-0.39, 0.29) is 16.9 Å². The van der Waals surface area contributed by atoms with Crippen molar-refractivity contribution in [1.82, 2.24) is 4.90 Å². The number of likely N-dealkylation sites (N-methyl/N-ethyl adjacent to an activating group) is 1. The Labute approximate surface area is 193 Å². The van der Waals surface area contributed by atoms with Crippen molar-refractivity contribution in [2.75, 3.05) is 31.0 Å². The van der Waals surface area contributed by atoms with Gasteiger partial charge in [-0.15, -0.1) is 0 Å². The lowest BCUT2D eigenvalue weighted by Gasteiger charge is -2.29. The van der Waals surface area contributed by atoms with E-state index in [2.05, 4.69) is 0 Å². The molecule has 2 aliphatic rings. The van der Waals surface area contributed by atoms with Crippen molar-refractivity contribution < 1.29 is 22.7 Å². The van der Waals surface area contributed by atoms with Crippen LogP contribution in [-0.2, 0) is 16.4 Å². The van der Waals surface area contributed by atoms with Gasteiger partial charge in [-0.05, 0) is 48.4 Å². The molecule has 0 bridgehead atoms. The van der Waals surface area contributed by atoms with Gasteiger partial charge in [0.05, 0.1) is 17.1 Å². The Kier molecular flexibility index (Phi) is 5.46. The zero-order valence-corrected chi connectivity index (χ0v) is 19.0. The molecule has 3 aromatic rings. The Bertz CT molecular complexity index is 1310. The van der Waals surface area contributed by atoms with E-state index in [4.69, 9.17) is 9.47 Å². The first kappa shape index (κ1) is 21.3. The molecule has 2 heterocycles. The predicted octanol–water partition coefficient (Wildman–Crippen LogP) is 3.35. The second-order valence-electron chi connectivity index (χ2n) is 8.17. The largest absolute Gasteiger partial charge is 0.486 e. The van der Waals surface area contributed by atoms with Crippen molar-refractivity contribution in [3.8, 4) is 11.5 Å². The highest BCUT2D eigenvalue weighted by Crippen LogP contribution is 2.33. The van der Waals surface area contributed by atoms with E-state index in [1.165, 1.54) is 21.3 Å². The summed E-state index contributed by atoms with van der Waals surface area (Å²) in [5.74, 6) is 1.05. The van der Waals surface area contributed by atoms with E-state index >= 15 is 0 Å². The van der Waals surface area contributed by atoms with Crippen LogP contribution in [0, 0.1) is 0 Å². The highest BCUT2D eigenvalue weighted by Gasteiger charge is 2.31. The molecule has 0 N–H and O–H groups in total. The minimum absolute atomic E-state index is 0.102. The summed E-state index contributed by atoms with van der Waals surface area (Å²) in [5, 5.41) is 0. The van der Waals surface area contributed by atoms with Crippen molar-refractivity contribution in [2.45, 2.75) is 17.4 Å². The van der Waals surface area contributed by atoms with Gasteiger partial charge < -0.3 is 14.4 Å². The lowest BCUT2D eigenvalue weighted by molar-refractivity contribution is 0.0521. The molecule has 0 spiro atoms. The van der Waals surface area contributed by atoms with Crippen LogP contribution in [0.1, 0.15) is 15.9 Å². The van der Waals surface area contributed by atoms with Crippen molar-refractivity contribution in [3.05, 3.63) is 83.9 Å². The first-order valence-corrected chi connectivity index (χ1v) is 12.2. The van der Waals surface area contributed by atoms with Crippen LogP contribution >= 0.6 is 0 Å². The van der Waals surface area contributed by atoms with Gasteiger partial charge in [-0.25, -0.2) is 8.42 Å². The van der Waals surface area contributed by atoms with Gasteiger partial charge in [0, 0.05) is 19.2 Å². The topological polar surface area (TPSA) is 76.1 Å². The summed E-state index contributed by atoms with van der Waals surface area (Å²) in [5.41, 5.74) is 2.01. The molecule has 0 aliphatic carbocycles. The molecule has 170 valence electrons. The van der Waals surface area contributed by atoms with Gasteiger partial charge in [0.1, 0.15) is 6.61 Å². The molecule has 0 fully saturated rings. The van der Waals surface area contributed by atoms with Crippen molar-refractivity contribution >= 4 is 21.6 Å². The molecule has 0 saturated heterocycles. The Hall–Kier alpha value is -3.52. The Morgan fingerprint density at radius 3 is 2.64 bits per heavy atom. The lowest BCUT2D eigenvalue weighted by atomic mass is 10.2. The van der Waals surface area contributed by atoms with Gasteiger partial charge in [0.25, 0.3) is 15.9 Å². The molecule has 2 aliphatic heterocycles.